The molecule has 2 rings (SSSR count). The molecular weight excluding hydrogens is 162 g/mol. The highest BCUT2D eigenvalue weighted by atomic mass is 15.1. The van der Waals surface area contributed by atoms with Crippen molar-refractivity contribution >= 4 is 0 Å². The van der Waals surface area contributed by atoms with Crippen molar-refractivity contribution < 1.29 is 0 Å². The van der Waals surface area contributed by atoms with Gasteiger partial charge in [-0.05, 0) is 32.2 Å². The second-order valence-corrected chi connectivity index (χ2v) is 3.75. The fourth-order valence-electron chi connectivity index (χ4n) is 1.64. The number of hydrogen-bond donors (Lipinski definition) is 1. The minimum atomic E-state index is 0.757. The highest BCUT2D eigenvalue weighted by Gasteiger charge is 2.27. The predicted octanol–water partition coefficient (Wildman–Crippen LogP) is 1.50. The van der Waals surface area contributed by atoms with Crippen molar-refractivity contribution in [3.63, 3.8) is 0 Å². The molecule has 13 heavy (non-hydrogen) atoms. The summed E-state index contributed by atoms with van der Waals surface area (Å²) in [5, 5.41) is 0. The minimum Gasteiger partial charge on any atom is -0.335 e. The molecule has 1 aromatic heterocycles. The van der Waals surface area contributed by atoms with Gasteiger partial charge in [-0.2, -0.15) is 0 Å². The first kappa shape index (κ1) is 8.75. The van der Waals surface area contributed by atoms with E-state index in [1.807, 2.05) is 6.20 Å². The summed E-state index contributed by atoms with van der Waals surface area (Å²) in [6.45, 7) is 1.89. The third kappa shape index (κ3) is 2.10. The van der Waals surface area contributed by atoms with Crippen LogP contribution in [0.3, 0.4) is 0 Å². The number of unbranched alkanes of at least 4 members (excludes halogenated alkanes) is 1. The van der Waals surface area contributed by atoms with Gasteiger partial charge in [0, 0.05) is 24.9 Å². The van der Waals surface area contributed by atoms with E-state index in [4.69, 9.17) is 5.73 Å². The monoisotopic (exact) mass is 179 g/mol. The molecule has 0 spiro atoms. The third-order valence-corrected chi connectivity index (χ3v) is 2.54. The van der Waals surface area contributed by atoms with Gasteiger partial charge in [0.15, 0.2) is 0 Å². The highest BCUT2D eigenvalue weighted by molar-refractivity contribution is 5.07. The van der Waals surface area contributed by atoms with E-state index in [9.17, 15) is 0 Å². The van der Waals surface area contributed by atoms with E-state index in [1.165, 1.54) is 25.1 Å². The van der Waals surface area contributed by atoms with Gasteiger partial charge in [-0.15, -0.1) is 0 Å². The summed E-state index contributed by atoms with van der Waals surface area (Å²) in [5.41, 5.74) is 5.45. The molecule has 1 saturated carbocycles. The Balaban J connectivity index is 1.90. The zero-order valence-electron chi connectivity index (χ0n) is 7.95. The first-order chi connectivity index (χ1) is 6.42. The van der Waals surface area contributed by atoms with Gasteiger partial charge in [0.2, 0.25) is 0 Å². The van der Waals surface area contributed by atoms with Crippen LogP contribution in [-0.4, -0.2) is 16.1 Å². The Labute approximate surface area is 79.0 Å². The first-order valence-electron chi connectivity index (χ1n) is 5.13. The average molecular weight is 179 g/mol. The van der Waals surface area contributed by atoms with Crippen LogP contribution in [0.5, 0.6) is 0 Å². The van der Waals surface area contributed by atoms with Crippen LogP contribution in [0.2, 0.25) is 0 Å². The SMILES string of the molecule is NCCCCn1ccnc1C1CC1. The second-order valence-electron chi connectivity index (χ2n) is 3.75. The zero-order chi connectivity index (χ0) is 9.10. The average Bonchev–Trinajstić information content (AvgIpc) is 2.88. The third-order valence-electron chi connectivity index (χ3n) is 2.54. The Kier molecular flexibility index (Phi) is 2.64. The Morgan fingerprint density at radius 3 is 3.00 bits per heavy atom. The Morgan fingerprint density at radius 2 is 2.31 bits per heavy atom. The molecule has 0 radical (unpaired) electrons. The predicted molar refractivity (Wildman–Crippen MR) is 52.5 cm³/mol. The molecule has 0 atom stereocenters. The zero-order valence-corrected chi connectivity index (χ0v) is 7.95. The first-order valence-corrected chi connectivity index (χ1v) is 5.13. The quantitative estimate of drug-likeness (QED) is 0.696. The van der Waals surface area contributed by atoms with E-state index in [2.05, 4.69) is 15.7 Å². The number of aryl methyl sites for hydroxylation is 1. The molecule has 0 saturated heterocycles. The maximum Gasteiger partial charge on any atom is 0.111 e. The molecule has 1 aromatic rings. The molecule has 0 unspecified atom stereocenters. The summed E-state index contributed by atoms with van der Waals surface area (Å²) < 4.78 is 2.29. The van der Waals surface area contributed by atoms with Crippen molar-refractivity contribution in [2.24, 2.45) is 5.73 Å². The second kappa shape index (κ2) is 3.92. The van der Waals surface area contributed by atoms with Crippen molar-refractivity contribution in [3.05, 3.63) is 18.2 Å². The molecular formula is C10H17N3. The van der Waals surface area contributed by atoms with Gasteiger partial charge in [-0.3, -0.25) is 0 Å². The number of nitrogens with zero attached hydrogens (tertiary/aromatic N) is 2. The maximum atomic E-state index is 5.45. The standard InChI is InChI=1S/C10H17N3/c11-5-1-2-7-13-8-6-12-10(13)9-3-4-9/h6,8-9H,1-5,7,11H2. The lowest BCUT2D eigenvalue weighted by Crippen LogP contribution is -2.05. The lowest BCUT2D eigenvalue weighted by atomic mass is 10.3. The van der Waals surface area contributed by atoms with Crippen LogP contribution in [0.25, 0.3) is 0 Å². The van der Waals surface area contributed by atoms with Gasteiger partial charge in [0.25, 0.3) is 0 Å². The summed E-state index contributed by atoms with van der Waals surface area (Å²) in [7, 11) is 0. The summed E-state index contributed by atoms with van der Waals surface area (Å²) in [4.78, 5) is 4.39. The largest absolute Gasteiger partial charge is 0.335 e. The molecule has 1 fully saturated rings. The number of nitrogens with two attached hydrogens (primary N) is 1. The summed E-state index contributed by atoms with van der Waals surface area (Å²) >= 11 is 0. The van der Waals surface area contributed by atoms with Crippen LogP contribution < -0.4 is 5.73 Å². The highest BCUT2D eigenvalue weighted by Crippen LogP contribution is 2.38. The van der Waals surface area contributed by atoms with Crippen molar-refractivity contribution in [2.75, 3.05) is 6.54 Å². The molecule has 0 aromatic carbocycles. The summed E-state index contributed by atoms with van der Waals surface area (Å²) in [6.07, 6.45) is 8.94. The van der Waals surface area contributed by atoms with Gasteiger partial charge in [-0.25, -0.2) is 4.98 Å². The van der Waals surface area contributed by atoms with E-state index in [0.29, 0.717) is 0 Å². The van der Waals surface area contributed by atoms with Gasteiger partial charge >= 0.3 is 0 Å². The molecule has 3 heteroatoms. The normalized spacial score (nSPS) is 16.4. The van der Waals surface area contributed by atoms with Gasteiger partial charge in [-0.1, -0.05) is 0 Å². The van der Waals surface area contributed by atoms with E-state index in [-0.39, 0.29) is 0 Å². The molecule has 0 aliphatic heterocycles. The maximum absolute atomic E-state index is 5.45. The Bertz CT molecular complexity index is 263. The fourth-order valence-corrected chi connectivity index (χ4v) is 1.64. The minimum absolute atomic E-state index is 0.757. The molecule has 1 aliphatic carbocycles. The van der Waals surface area contributed by atoms with E-state index < -0.39 is 0 Å². The molecule has 3 nitrogen and oxygen atoms in total. The van der Waals surface area contributed by atoms with E-state index >= 15 is 0 Å². The lowest BCUT2D eigenvalue weighted by molar-refractivity contribution is 0.590. The number of aromatic nitrogens is 2. The van der Waals surface area contributed by atoms with Crippen molar-refractivity contribution in [2.45, 2.75) is 38.1 Å². The van der Waals surface area contributed by atoms with Crippen molar-refractivity contribution in [1.82, 2.24) is 9.55 Å². The molecule has 0 amide bonds. The van der Waals surface area contributed by atoms with Crippen molar-refractivity contribution in [1.29, 1.82) is 0 Å². The van der Waals surface area contributed by atoms with Crippen LogP contribution >= 0.6 is 0 Å². The topological polar surface area (TPSA) is 43.8 Å². The fraction of sp³-hybridized carbons (Fsp3) is 0.700. The van der Waals surface area contributed by atoms with Crippen LogP contribution in [-0.2, 0) is 6.54 Å². The van der Waals surface area contributed by atoms with Crippen LogP contribution in [0.15, 0.2) is 12.4 Å². The Hall–Kier alpha value is -0.830. The van der Waals surface area contributed by atoms with Gasteiger partial charge in [0.1, 0.15) is 5.82 Å². The molecule has 2 N–H and O–H groups in total. The van der Waals surface area contributed by atoms with E-state index in [1.54, 1.807) is 0 Å². The Morgan fingerprint density at radius 1 is 1.46 bits per heavy atom. The van der Waals surface area contributed by atoms with Crippen molar-refractivity contribution in [3.8, 4) is 0 Å². The molecule has 1 aliphatic rings. The number of imidazole rings is 1. The van der Waals surface area contributed by atoms with Crippen LogP contribution in [0.4, 0.5) is 0 Å². The molecule has 1 heterocycles. The molecule has 72 valence electrons. The smallest absolute Gasteiger partial charge is 0.111 e. The van der Waals surface area contributed by atoms with Crippen LogP contribution in [0, 0.1) is 0 Å². The number of hydrogen-bond acceptors (Lipinski definition) is 2. The lowest BCUT2D eigenvalue weighted by Gasteiger charge is -2.05. The molecule has 0 bridgehead atoms. The van der Waals surface area contributed by atoms with Gasteiger partial charge < -0.3 is 10.3 Å². The van der Waals surface area contributed by atoms with E-state index in [0.717, 1.165) is 25.4 Å². The summed E-state index contributed by atoms with van der Waals surface area (Å²) in [5.74, 6) is 2.05. The number of rotatable bonds is 5. The van der Waals surface area contributed by atoms with Gasteiger partial charge in [0.05, 0.1) is 0 Å². The van der Waals surface area contributed by atoms with Crippen LogP contribution in [0.1, 0.15) is 37.4 Å². The summed E-state index contributed by atoms with van der Waals surface area (Å²) in [6, 6.07) is 0.